The maximum atomic E-state index is 9.11. The van der Waals surface area contributed by atoms with Gasteiger partial charge < -0.3 is 9.47 Å². The molecule has 0 saturated carbocycles. The Hall–Kier alpha value is -2.05. The Labute approximate surface area is 119 Å². The number of fused-ring (bicyclic) bond motifs is 1. The highest BCUT2D eigenvalue weighted by molar-refractivity contribution is 5.92. The molecule has 3 nitrogen and oxygen atoms in total. The number of unbranched alkanes of at least 4 members (excludes halogenated alkanes) is 1. The smallest absolute Gasteiger partial charge is 0.127 e. The third-order valence-electron chi connectivity index (χ3n) is 3.13. The van der Waals surface area contributed by atoms with Crippen molar-refractivity contribution in [3.8, 4) is 11.8 Å². The standard InChI is InChI=1S/C17H19NO2/c1-2-3-10-19-11-12-20-17-9-8-14(13-18)15-6-4-5-7-16(15)17/h4-9H,2-3,10-12H2,1H3. The lowest BCUT2D eigenvalue weighted by Crippen LogP contribution is -2.07. The highest BCUT2D eigenvalue weighted by Crippen LogP contribution is 2.28. The molecule has 0 aliphatic heterocycles. The first-order valence-corrected chi connectivity index (χ1v) is 6.99. The minimum atomic E-state index is 0.527. The van der Waals surface area contributed by atoms with Gasteiger partial charge in [-0.15, -0.1) is 0 Å². The number of hydrogen-bond acceptors (Lipinski definition) is 3. The van der Waals surface area contributed by atoms with Gasteiger partial charge in [0.1, 0.15) is 12.4 Å². The number of nitrogens with zero attached hydrogens (tertiary/aromatic N) is 1. The monoisotopic (exact) mass is 269 g/mol. The van der Waals surface area contributed by atoms with Crippen molar-refractivity contribution in [1.82, 2.24) is 0 Å². The van der Waals surface area contributed by atoms with Gasteiger partial charge in [0, 0.05) is 17.4 Å². The highest BCUT2D eigenvalue weighted by Gasteiger charge is 2.05. The molecule has 0 unspecified atom stereocenters. The van der Waals surface area contributed by atoms with E-state index in [0.29, 0.717) is 18.8 Å². The van der Waals surface area contributed by atoms with Gasteiger partial charge in [-0.2, -0.15) is 5.26 Å². The van der Waals surface area contributed by atoms with Crippen molar-refractivity contribution in [3.63, 3.8) is 0 Å². The fourth-order valence-corrected chi connectivity index (χ4v) is 2.05. The second kappa shape index (κ2) is 7.52. The average molecular weight is 269 g/mol. The molecule has 0 radical (unpaired) electrons. The van der Waals surface area contributed by atoms with Crippen LogP contribution in [0, 0.1) is 11.3 Å². The van der Waals surface area contributed by atoms with Gasteiger partial charge in [-0.1, -0.05) is 37.6 Å². The van der Waals surface area contributed by atoms with Crippen molar-refractivity contribution >= 4 is 10.8 Å². The zero-order valence-corrected chi connectivity index (χ0v) is 11.8. The van der Waals surface area contributed by atoms with E-state index in [4.69, 9.17) is 14.7 Å². The van der Waals surface area contributed by atoms with Crippen LogP contribution in [0.25, 0.3) is 10.8 Å². The summed E-state index contributed by atoms with van der Waals surface area (Å²) in [6.45, 7) is 4.05. The maximum Gasteiger partial charge on any atom is 0.127 e. The summed E-state index contributed by atoms with van der Waals surface area (Å²) in [7, 11) is 0. The molecule has 0 amide bonds. The lowest BCUT2D eigenvalue weighted by atomic mass is 10.0. The van der Waals surface area contributed by atoms with E-state index in [-0.39, 0.29) is 0 Å². The van der Waals surface area contributed by atoms with E-state index in [0.717, 1.165) is 36.0 Å². The van der Waals surface area contributed by atoms with E-state index in [1.807, 2.05) is 30.3 Å². The SMILES string of the molecule is CCCCOCCOc1ccc(C#N)c2ccccc12. The van der Waals surface area contributed by atoms with Crippen LogP contribution in [0.2, 0.25) is 0 Å². The minimum Gasteiger partial charge on any atom is -0.491 e. The third kappa shape index (κ3) is 3.49. The first-order chi connectivity index (χ1) is 9.86. The number of hydrogen-bond donors (Lipinski definition) is 0. The number of ether oxygens (including phenoxy) is 2. The van der Waals surface area contributed by atoms with Gasteiger partial charge in [-0.3, -0.25) is 0 Å². The maximum absolute atomic E-state index is 9.11. The third-order valence-corrected chi connectivity index (χ3v) is 3.13. The summed E-state index contributed by atoms with van der Waals surface area (Å²) in [5.41, 5.74) is 0.673. The largest absolute Gasteiger partial charge is 0.491 e. The van der Waals surface area contributed by atoms with Gasteiger partial charge in [0.25, 0.3) is 0 Å². The van der Waals surface area contributed by atoms with E-state index in [9.17, 15) is 0 Å². The molecule has 0 bridgehead atoms. The van der Waals surface area contributed by atoms with Gasteiger partial charge in [-0.05, 0) is 18.6 Å². The van der Waals surface area contributed by atoms with Crippen LogP contribution in [-0.4, -0.2) is 19.8 Å². The van der Waals surface area contributed by atoms with E-state index in [1.165, 1.54) is 0 Å². The van der Waals surface area contributed by atoms with Gasteiger partial charge in [0.2, 0.25) is 0 Å². The summed E-state index contributed by atoms with van der Waals surface area (Å²) in [5, 5.41) is 11.0. The quantitative estimate of drug-likeness (QED) is 0.716. The first-order valence-electron chi connectivity index (χ1n) is 6.99. The Morgan fingerprint density at radius 1 is 1.00 bits per heavy atom. The lowest BCUT2D eigenvalue weighted by molar-refractivity contribution is 0.0985. The molecule has 2 aromatic rings. The lowest BCUT2D eigenvalue weighted by Gasteiger charge is -2.10. The second-order valence-corrected chi connectivity index (χ2v) is 4.58. The molecule has 0 fully saturated rings. The van der Waals surface area contributed by atoms with E-state index in [1.54, 1.807) is 6.07 Å². The van der Waals surface area contributed by atoms with E-state index in [2.05, 4.69) is 13.0 Å². The van der Waals surface area contributed by atoms with Gasteiger partial charge in [0.15, 0.2) is 0 Å². The van der Waals surface area contributed by atoms with Gasteiger partial charge >= 0.3 is 0 Å². The Bertz CT molecular complexity index is 601. The Balaban J connectivity index is 2.02. The van der Waals surface area contributed by atoms with Crippen LogP contribution in [0.4, 0.5) is 0 Å². The molecule has 0 saturated heterocycles. The second-order valence-electron chi connectivity index (χ2n) is 4.58. The zero-order valence-electron chi connectivity index (χ0n) is 11.8. The zero-order chi connectivity index (χ0) is 14.2. The van der Waals surface area contributed by atoms with Crippen molar-refractivity contribution < 1.29 is 9.47 Å². The summed E-state index contributed by atoms with van der Waals surface area (Å²) in [4.78, 5) is 0. The van der Waals surface area contributed by atoms with Crippen molar-refractivity contribution in [2.75, 3.05) is 19.8 Å². The Morgan fingerprint density at radius 3 is 2.55 bits per heavy atom. The van der Waals surface area contributed by atoms with Crippen molar-refractivity contribution in [2.45, 2.75) is 19.8 Å². The molecule has 0 N–H and O–H groups in total. The van der Waals surface area contributed by atoms with E-state index >= 15 is 0 Å². The molecule has 20 heavy (non-hydrogen) atoms. The van der Waals surface area contributed by atoms with Crippen LogP contribution in [0.5, 0.6) is 5.75 Å². The van der Waals surface area contributed by atoms with Gasteiger partial charge in [0.05, 0.1) is 18.2 Å². The molecule has 104 valence electrons. The van der Waals surface area contributed by atoms with Crippen molar-refractivity contribution in [1.29, 1.82) is 5.26 Å². The number of nitriles is 1. The van der Waals surface area contributed by atoms with E-state index < -0.39 is 0 Å². The summed E-state index contributed by atoms with van der Waals surface area (Å²) in [6, 6.07) is 13.7. The van der Waals surface area contributed by atoms with Crippen LogP contribution in [0.15, 0.2) is 36.4 Å². The summed E-state index contributed by atoms with van der Waals surface area (Å²) >= 11 is 0. The molecule has 0 atom stereocenters. The minimum absolute atomic E-state index is 0.527. The predicted molar refractivity (Wildman–Crippen MR) is 79.9 cm³/mol. The van der Waals surface area contributed by atoms with Crippen LogP contribution < -0.4 is 4.74 Å². The molecule has 3 heteroatoms. The molecule has 0 heterocycles. The molecule has 0 aliphatic carbocycles. The molecule has 2 rings (SSSR count). The molecule has 0 aromatic heterocycles. The fourth-order valence-electron chi connectivity index (χ4n) is 2.05. The predicted octanol–water partition coefficient (Wildman–Crippen LogP) is 3.91. The van der Waals surface area contributed by atoms with Gasteiger partial charge in [-0.25, -0.2) is 0 Å². The van der Waals surface area contributed by atoms with Crippen molar-refractivity contribution in [3.05, 3.63) is 42.0 Å². The molecule has 2 aromatic carbocycles. The molecule has 0 spiro atoms. The van der Waals surface area contributed by atoms with Crippen LogP contribution in [0.1, 0.15) is 25.3 Å². The summed E-state index contributed by atoms with van der Waals surface area (Å²) in [6.07, 6.45) is 2.22. The van der Waals surface area contributed by atoms with Crippen LogP contribution >= 0.6 is 0 Å². The summed E-state index contributed by atoms with van der Waals surface area (Å²) < 4.78 is 11.2. The molecule has 0 aliphatic rings. The first kappa shape index (κ1) is 14.4. The Morgan fingerprint density at radius 2 is 1.80 bits per heavy atom. The molecular weight excluding hydrogens is 250 g/mol. The van der Waals surface area contributed by atoms with Crippen LogP contribution in [-0.2, 0) is 4.74 Å². The topological polar surface area (TPSA) is 42.2 Å². The fraction of sp³-hybridized carbons (Fsp3) is 0.353. The number of rotatable bonds is 7. The number of benzene rings is 2. The van der Waals surface area contributed by atoms with Crippen molar-refractivity contribution in [2.24, 2.45) is 0 Å². The summed E-state index contributed by atoms with van der Waals surface area (Å²) in [5.74, 6) is 0.804. The average Bonchev–Trinajstić information content (AvgIpc) is 2.50. The van der Waals surface area contributed by atoms with Crippen LogP contribution in [0.3, 0.4) is 0 Å². The normalized spacial score (nSPS) is 10.4. The Kier molecular flexibility index (Phi) is 5.40. The highest BCUT2D eigenvalue weighted by atomic mass is 16.5. The molecular formula is C17H19NO2.